The van der Waals surface area contributed by atoms with Crippen molar-refractivity contribution >= 4 is 0 Å². The van der Waals surface area contributed by atoms with Gasteiger partial charge in [-0.1, -0.05) is 26.0 Å². The van der Waals surface area contributed by atoms with Crippen molar-refractivity contribution in [1.29, 1.82) is 0 Å². The second-order valence-corrected chi connectivity index (χ2v) is 6.96. The van der Waals surface area contributed by atoms with E-state index in [4.69, 9.17) is 9.47 Å². The van der Waals surface area contributed by atoms with E-state index >= 15 is 0 Å². The normalized spacial score (nSPS) is 30.2. The van der Waals surface area contributed by atoms with Crippen LogP contribution in [-0.2, 0) is 6.42 Å². The molecule has 0 aromatic heterocycles. The van der Waals surface area contributed by atoms with Crippen molar-refractivity contribution in [3.05, 3.63) is 23.8 Å². The minimum Gasteiger partial charge on any atom is -0.486 e. The molecule has 0 spiro atoms. The van der Waals surface area contributed by atoms with Crippen LogP contribution in [0.4, 0.5) is 0 Å². The van der Waals surface area contributed by atoms with E-state index < -0.39 is 0 Å². The van der Waals surface area contributed by atoms with Gasteiger partial charge in [0, 0.05) is 23.8 Å². The highest BCUT2D eigenvalue weighted by atomic mass is 16.5. The molecule has 1 aromatic carbocycles. The molecule has 104 valence electrons. The first-order chi connectivity index (χ1) is 8.79. The van der Waals surface area contributed by atoms with Gasteiger partial charge in [-0.3, -0.25) is 0 Å². The fraction of sp³-hybridized carbons (Fsp3) is 0.625. The Hall–Kier alpha value is -1.22. The summed E-state index contributed by atoms with van der Waals surface area (Å²) in [5.74, 6) is 1.69. The first-order valence-corrected chi connectivity index (χ1v) is 6.95. The molecule has 19 heavy (non-hydrogen) atoms. The third-order valence-electron chi connectivity index (χ3n) is 4.45. The molecule has 0 amide bonds. The minimum absolute atomic E-state index is 0.0568. The van der Waals surface area contributed by atoms with Gasteiger partial charge in [-0.2, -0.15) is 0 Å². The van der Waals surface area contributed by atoms with Crippen molar-refractivity contribution < 1.29 is 14.6 Å². The molecule has 3 heteroatoms. The second kappa shape index (κ2) is 3.89. The van der Waals surface area contributed by atoms with Crippen LogP contribution in [-0.4, -0.2) is 22.9 Å². The van der Waals surface area contributed by atoms with Crippen molar-refractivity contribution in [1.82, 2.24) is 0 Å². The Balaban J connectivity index is 1.83. The summed E-state index contributed by atoms with van der Waals surface area (Å²) in [4.78, 5) is 0. The van der Waals surface area contributed by atoms with E-state index in [1.165, 1.54) is 5.56 Å². The predicted molar refractivity (Wildman–Crippen MR) is 73.7 cm³/mol. The van der Waals surface area contributed by atoms with Crippen LogP contribution in [0.25, 0.3) is 0 Å². The van der Waals surface area contributed by atoms with Gasteiger partial charge in [-0.15, -0.1) is 0 Å². The Morgan fingerprint density at radius 1 is 1.26 bits per heavy atom. The molecule has 1 aliphatic carbocycles. The number of para-hydroxylation sites is 1. The largest absolute Gasteiger partial charge is 0.486 e. The van der Waals surface area contributed by atoms with Gasteiger partial charge in [-0.05, 0) is 19.9 Å². The summed E-state index contributed by atoms with van der Waals surface area (Å²) >= 11 is 0. The maximum absolute atomic E-state index is 9.79. The zero-order chi connectivity index (χ0) is 13.8. The molecule has 3 rings (SSSR count). The summed E-state index contributed by atoms with van der Waals surface area (Å²) in [5.41, 5.74) is 0.869. The summed E-state index contributed by atoms with van der Waals surface area (Å²) < 4.78 is 12.1. The molecule has 1 saturated carbocycles. The van der Waals surface area contributed by atoms with Crippen molar-refractivity contribution in [2.45, 2.75) is 58.3 Å². The predicted octanol–water partition coefficient (Wildman–Crippen LogP) is 2.94. The zero-order valence-corrected chi connectivity index (χ0v) is 12.1. The molecule has 1 fully saturated rings. The van der Waals surface area contributed by atoms with E-state index in [2.05, 4.69) is 19.9 Å². The molecule has 2 unspecified atom stereocenters. The molecule has 0 saturated heterocycles. The van der Waals surface area contributed by atoms with E-state index in [1.54, 1.807) is 0 Å². The maximum Gasteiger partial charge on any atom is 0.165 e. The van der Waals surface area contributed by atoms with Crippen LogP contribution in [0.1, 0.15) is 39.7 Å². The van der Waals surface area contributed by atoms with Crippen molar-refractivity contribution in [2.24, 2.45) is 5.41 Å². The lowest BCUT2D eigenvalue weighted by atomic mass is 9.66. The third-order valence-corrected chi connectivity index (χ3v) is 4.45. The Labute approximate surface area is 114 Å². The lowest BCUT2D eigenvalue weighted by Crippen LogP contribution is -2.56. The molecule has 2 atom stereocenters. The number of aliphatic hydroxyl groups excluding tert-OH is 1. The summed E-state index contributed by atoms with van der Waals surface area (Å²) in [6.07, 6.45) is 1.39. The fourth-order valence-corrected chi connectivity index (χ4v) is 2.90. The average molecular weight is 262 g/mol. The molecule has 3 nitrogen and oxygen atoms in total. The van der Waals surface area contributed by atoms with Crippen LogP contribution >= 0.6 is 0 Å². The molecule has 1 aromatic rings. The number of ether oxygens (including phenoxy) is 2. The number of aliphatic hydroxyl groups is 1. The van der Waals surface area contributed by atoms with Gasteiger partial charge in [0.15, 0.2) is 11.5 Å². The number of hydrogen-bond donors (Lipinski definition) is 1. The lowest BCUT2D eigenvalue weighted by molar-refractivity contribution is -0.135. The van der Waals surface area contributed by atoms with E-state index in [-0.39, 0.29) is 23.2 Å². The van der Waals surface area contributed by atoms with Crippen molar-refractivity contribution in [3.8, 4) is 11.5 Å². The molecule has 1 N–H and O–H groups in total. The fourth-order valence-electron chi connectivity index (χ4n) is 2.90. The molecule has 1 aliphatic heterocycles. The number of hydrogen-bond acceptors (Lipinski definition) is 3. The third kappa shape index (κ3) is 2.00. The van der Waals surface area contributed by atoms with Crippen LogP contribution in [0.2, 0.25) is 0 Å². The van der Waals surface area contributed by atoms with Crippen LogP contribution in [0.15, 0.2) is 18.2 Å². The molecular formula is C16H22O3. The number of fused-ring (bicyclic) bond motifs is 1. The van der Waals surface area contributed by atoms with E-state index in [0.717, 1.165) is 17.9 Å². The van der Waals surface area contributed by atoms with Crippen LogP contribution in [0, 0.1) is 5.41 Å². The Morgan fingerprint density at radius 3 is 2.63 bits per heavy atom. The summed E-state index contributed by atoms with van der Waals surface area (Å²) in [5, 5.41) is 9.79. The van der Waals surface area contributed by atoms with E-state index in [0.29, 0.717) is 6.42 Å². The van der Waals surface area contributed by atoms with Crippen molar-refractivity contribution in [3.63, 3.8) is 0 Å². The average Bonchev–Trinajstić information content (AvgIpc) is 2.63. The molecular weight excluding hydrogens is 240 g/mol. The molecule has 0 bridgehead atoms. The van der Waals surface area contributed by atoms with Crippen LogP contribution in [0.3, 0.4) is 0 Å². The quantitative estimate of drug-likeness (QED) is 0.890. The monoisotopic (exact) mass is 262 g/mol. The van der Waals surface area contributed by atoms with Gasteiger partial charge >= 0.3 is 0 Å². The Bertz CT molecular complexity index is 505. The Kier molecular flexibility index (Phi) is 2.62. The molecule has 2 aliphatic rings. The van der Waals surface area contributed by atoms with Gasteiger partial charge < -0.3 is 14.6 Å². The van der Waals surface area contributed by atoms with E-state index in [1.807, 2.05) is 26.0 Å². The zero-order valence-electron chi connectivity index (χ0n) is 12.1. The highest BCUT2D eigenvalue weighted by Gasteiger charge is 2.49. The summed E-state index contributed by atoms with van der Waals surface area (Å²) in [7, 11) is 0. The number of benzene rings is 1. The standard InChI is InChI=1S/C16H22O3/c1-15(2)9-10-6-5-7-11(14(10)19-15)18-13-8-12(17)16(13,3)4/h5-7,12-13,17H,8-9H2,1-4H3. The van der Waals surface area contributed by atoms with E-state index in [9.17, 15) is 5.11 Å². The SMILES string of the molecule is CC1(C)Cc2cccc(OC3CC(O)C3(C)C)c2O1. The molecule has 1 heterocycles. The molecule has 0 radical (unpaired) electrons. The minimum atomic E-state index is -0.272. The summed E-state index contributed by atoms with van der Waals surface area (Å²) in [6, 6.07) is 6.07. The van der Waals surface area contributed by atoms with Crippen LogP contribution in [0.5, 0.6) is 11.5 Å². The van der Waals surface area contributed by atoms with Gasteiger partial charge in [0.25, 0.3) is 0 Å². The van der Waals surface area contributed by atoms with Crippen LogP contribution < -0.4 is 9.47 Å². The number of rotatable bonds is 2. The first-order valence-electron chi connectivity index (χ1n) is 6.95. The Morgan fingerprint density at radius 2 is 2.00 bits per heavy atom. The first kappa shape index (κ1) is 12.8. The van der Waals surface area contributed by atoms with Crippen molar-refractivity contribution in [2.75, 3.05) is 0 Å². The lowest BCUT2D eigenvalue weighted by Gasteiger charge is -2.48. The summed E-state index contributed by atoms with van der Waals surface area (Å²) in [6.45, 7) is 8.27. The topological polar surface area (TPSA) is 38.7 Å². The highest BCUT2D eigenvalue weighted by molar-refractivity contribution is 5.50. The van der Waals surface area contributed by atoms with Gasteiger partial charge in [0.1, 0.15) is 11.7 Å². The van der Waals surface area contributed by atoms with Gasteiger partial charge in [-0.25, -0.2) is 0 Å². The van der Waals surface area contributed by atoms with Gasteiger partial charge in [0.05, 0.1) is 6.10 Å². The van der Waals surface area contributed by atoms with Gasteiger partial charge in [0.2, 0.25) is 0 Å². The maximum atomic E-state index is 9.79. The second-order valence-electron chi connectivity index (χ2n) is 6.96. The smallest absolute Gasteiger partial charge is 0.165 e. The highest BCUT2D eigenvalue weighted by Crippen LogP contribution is 2.47.